The van der Waals surface area contributed by atoms with Crippen molar-refractivity contribution in [1.29, 1.82) is 0 Å². The second-order valence-corrected chi connectivity index (χ2v) is 7.13. The molecule has 0 bridgehead atoms. The van der Waals surface area contributed by atoms with E-state index in [-0.39, 0.29) is 5.91 Å². The first kappa shape index (κ1) is 19.1. The summed E-state index contributed by atoms with van der Waals surface area (Å²) in [7, 11) is 0. The molecule has 1 N–H and O–H groups in total. The van der Waals surface area contributed by atoms with Crippen LogP contribution in [-0.4, -0.2) is 16.0 Å². The summed E-state index contributed by atoms with van der Waals surface area (Å²) in [5.74, 6) is 1.04. The summed E-state index contributed by atoms with van der Waals surface area (Å²) in [6.45, 7) is 6.06. The molecule has 6 heteroatoms. The molecule has 0 saturated heterocycles. The predicted molar refractivity (Wildman–Crippen MR) is 107 cm³/mol. The van der Waals surface area contributed by atoms with Crippen LogP contribution in [0.3, 0.4) is 0 Å². The van der Waals surface area contributed by atoms with E-state index in [1.165, 1.54) is 5.56 Å². The van der Waals surface area contributed by atoms with Crippen LogP contribution in [0.5, 0.6) is 0 Å². The van der Waals surface area contributed by atoms with E-state index in [0.29, 0.717) is 36.0 Å². The van der Waals surface area contributed by atoms with Gasteiger partial charge in [0.15, 0.2) is 0 Å². The monoisotopic (exact) mass is 383 g/mol. The van der Waals surface area contributed by atoms with Gasteiger partial charge >= 0.3 is 0 Å². The largest absolute Gasteiger partial charge is 0.339 e. The lowest BCUT2D eigenvalue weighted by atomic mass is 10.0. The summed E-state index contributed by atoms with van der Waals surface area (Å²) in [5, 5.41) is 7.65. The summed E-state index contributed by atoms with van der Waals surface area (Å²) < 4.78 is 5.27. The van der Waals surface area contributed by atoms with Crippen molar-refractivity contribution < 1.29 is 9.32 Å². The van der Waals surface area contributed by atoms with Gasteiger partial charge in [0, 0.05) is 29.1 Å². The SMILES string of the molecule is Cc1cc(C)c(NC(=O)CCCc2nc(-c3ccc(Cl)cc3)no2)c(C)c1. The van der Waals surface area contributed by atoms with E-state index < -0.39 is 0 Å². The fourth-order valence-electron chi connectivity index (χ4n) is 3.05. The molecule has 0 unspecified atom stereocenters. The number of hydrogen-bond donors (Lipinski definition) is 1. The van der Waals surface area contributed by atoms with E-state index in [1.807, 2.05) is 32.9 Å². The Morgan fingerprint density at radius 3 is 2.44 bits per heavy atom. The number of amides is 1. The second-order valence-electron chi connectivity index (χ2n) is 6.69. The third-order valence-electron chi connectivity index (χ3n) is 4.31. The quantitative estimate of drug-likeness (QED) is 0.629. The van der Waals surface area contributed by atoms with E-state index in [9.17, 15) is 4.79 Å². The number of rotatable bonds is 6. The van der Waals surface area contributed by atoms with Crippen LogP contribution in [0.2, 0.25) is 5.02 Å². The lowest BCUT2D eigenvalue weighted by Crippen LogP contribution is -2.13. The molecule has 140 valence electrons. The Balaban J connectivity index is 1.53. The fraction of sp³-hybridized carbons (Fsp3) is 0.286. The van der Waals surface area contributed by atoms with Gasteiger partial charge in [-0.3, -0.25) is 4.79 Å². The van der Waals surface area contributed by atoms with Crippen LogP contribution in [0.1, 0.15) is 35.4 Å². The van der Waals surface area contributed by atoms with Crippen LogP contribution in [-0.2, 0) is 11.2 Å². The number of aromatic nitrogens is 2. The van der Waals surface area contributed by atoms with Crippen LogP contribution in [0, 0.1) is 20.8 Å². The minimum Gasteiger partial charge on any atom is -0.339 e. The molecule has 0 saturated carbocycles. The number of halogens is 1. The van der Waals surface area contributed by atoms with Crippen molar-refractivity contribution in [2.24, 2.45) is 0 Å². The molecule has 1 aromatic heterocycles. The molecule has 3 rings (SSSR count). The second kappa shape index (κ2) is 8.35. The van der Waals surface area contributed by atoms with Crippen LogP contribution in [0.4, 0.5) is 5.69 Å². The summed E-state index contributed by atoms with van der Waals surface area (Å²) in [6.07, 6.45) is 1.59. The van der Waals surface area contributed by atoms with Crippen LogP contribution < -0.4 is 5.32 Å². The molecule has 2 aromatic carbocycles. The molecular weight excluding hydrogens is 362 g/mol. The Morgan fingerprint density at radius 1 is 1.11 bits per heavy atom. The Labute approximate surface area is 163 Å². The van der Waals surface area contributed by atoms with Gasteiger partial charge < -0.3 is 9.84 Å². The zero-order valence-electron chi connectivity index (χ0n) is 15.7. The van der Waals surface area contributed by atoms with Gasteiger partial charge in [0.2, 0.25) is 17.6 Å². The molecule has 5 nitrogen and oxygen atoms in total. The van der Waals surface area contributed by atoms with Gasteiger partial charge in [0.1, 0.15) is 0 Å². The Morgan fingerprint density at radius 2 is 1.78 bits per heavy atom. The van der Waals surface area contributed by atoms with Gasteiger partial charge in [-0.2, -0.15) is 4.98 Å². The van der Waals surface area contributed by atoms with E-state index >= 15 is 0 Å². The maximum Gasteiger partial charge on any atom is 0.226 e. The van der Waals surface area contributed by atoms with E-state index in [4.69, 9.17) is 16.1 Å². The number of hydrogen-bond acceptors (Lipinski definition) is 4. The molecule has 0 aliphatic rings. The van der Waals surface area contributed by atoms with Crippen LogP contribution >= 0.6 is 11.6 Å². The summed E-state index contributed by atoms with van der Waals surface area (Å²) in [5.41, 5.74) is 5.08. The van der Waals surface area contributed by atoms with Crippen molar-refractivity contribution in [2.75, 3.05) is 5.32 Å². The molecule has 0 fully saturated rings. The maximum absolute atomic E-state index is 12.3. The average molecular weight is 384 g/mol. The zero-order chi connectivity index (χ0) is 19.4. The highest BCUT2D eigenvalue weighted by Crippen LogP contribution is 2.22. The number of carbonyl (C=O) groups is 1. The smallest absolute Gasteiger partial charge is 0.226 e. The minimum atomic E-state index is -0.0116. The van der Waals surface area contributed by atoms with E-state index in [2.05, 4.69) is 27.6 Å². The fourth-order valence-corrected chi connectivity index (χ4v) is 3.18. The Hall–Kier alpha value is -2.66. The normalized spacial score (nSPS) is 10.8. The summed E-state index contributed by atoms with van der Waals surface area (Å²) in [6, 6.07) is 11.4. The summed E-state index contributed by atoms with van der Waals surface area (Å²) in [4.78, 5) is 16.6. The van der Waals surface area contributed by atoms with Crippen molar-refractivity contribution >= 4 is 23.2 Å². The maximum atomic E-state index is 12.3. The van der Waals surface area contributed by atoms with Crippen LogP contribution in [0.25, 0.3) is 11.4 Å². The molecule has 1 heterocycles. The number of carbonyl (C=O) groups excluding carboxylic acids is 1. The van der Waals surface area contributed by atoms with Gasteiger partial charge in [-0.25, -0.2) is 0 Å². The highest BCUT2D eigenvalue weighted by Gasteiger charge is 2.11. The van der Waals surface area contributed by atoms with Gasteiger partial charge in [-0.05, 0) is 62.6 Å². The predicted octanol–water partition coefficient (Wildman–Crippen LogP) is 5.28. The Kier molecular flexibility index (Phi) is 5.91. The van der Waals surface area contributed by atoms with Crippen LogP contribution in [0.15, 0.2) is 40.9 Å². The molecular formula is C21H22ClN3O2. The van der Waals surface area contributed by atoms with Gasteiger partial charge in [-0.1, -0.05) is 34.5 Å². The molecule has 3 aromatic rings. The standard InChI is InChI=1S/C21H22ClN3O2/c1-13-11-14(2)20(15(3)12-13)23-18(26)5-4-6-19-24-21(25-27-19)16-7-9-17(22)10-8-16/h7-12H,4-6H2,1-3H3,(H,23,26). The highest BCUT2D eigenvalue weighted by molar-refractivity contribution is 6.30. The molecule has 0 radical (unpaired) electrons. The molecule has 0 atom stereocenters. The van der Waals surface area contributed by atoms with Crippen molar-refractivity contribution in [2.45, 2.75) is 40.0 Å². The molecule has 0 aliphatic carbocycles. The van der Waals surface area contributed by atoms with Gasteiger partial charge in [0.25, 0.3) is 0 Å². The molecule has 1 amide bonds. The van der Waals surface area contributed by atoms with Crippen molar-refractivity contribution in [3.8, 4) is 11.4 Å². The number of nitrogens with zero attached hydrogens (tertiary/aromatic N) is 2. The van der Waals surface area contributed by atoms with E-state index in [0.717, 1.165) is 22.4 Å². The first-order valence-electron chi connectivity index (χ1n) is 8.88. The number of anilines is 1. The van der Waals surface area contributed by atoms with Crippen molar-refractivity contribution in [3.05, 3.63) is 64.0 Å². The Bertz CT molecular complexity index is 925. The number of nitrogens with one attached hydrogen (secondary N) is 1. The molecule has 0 aliphatic heterocycles. The van der Waals surface area contributed by atoms with Gasteiger partial charge in [-0.15, -0.1) is 0 Å². The third kappa shape index (κ3) is 4.95. The van der Waals surface area contributed by atoms with E-state index in [1.54, 1.807) is 12.1 Å². The average Bonchev–Trinajstić information content (AvgIpc) is 3.07. The van der Waals surface area contributed by atoms with Crippen molar-refractivity contribution in [1.82, 2.24) is 10.1 Å². The number of benzene rings is 2. The topological polar surface area (TPSA) is 68.0 Å². The van der Waals surface area contributed by atoms with Gasteiger partial charge in [0.05, 0.1) is 0 Å². The lowest BCUT2D eigenvalue weighted by molar-refractivity contribution is -0.116. The highest BCUT2D eigenvalue weighted by atomic mass is 35.5. The lowest BCUT2D eigenvalue weighted by Gasteiger charge is -2.12. The minimum absolute atomic E-state index is 0.0116. The first-order valence-corrected chi connectivity index (χ1v) is 9.26. The number of aryl methyl sites for hydroxylation is 4. The molecule has 27 heavy (non-hydrogen) atoms. The third-order valence-corrected chi connectivity index (χ3v) is 4.56. The first-order chi connectivity index (χ1) is 12.9. The zero-order valence-corrected chi connectivity index (χ0v) is 16.4. The summed E-state index contributed by atoms with van der Waals surface area (Å²) >= 11 is 5.89. The molecule has 0 spiro atoms. The van der Waals surface area contributed by atoms with Crippen molar-refractivity contribution in [3.63, 3.8) is 0 Å².